The smallest absolute Gasteiger partial charge is 0.254 e. The Labute approximate surface area is 126 Å². The highest BCUT2D eigenvalue weighted by Gasteiger charge is 2.06. The van der Waals surface area contributed by atoms with Crippen LogP contribution in [-0.4, -0.2) is 43.6 Å². The summed E-state index contributed by atoms with van der Waals surface area (Å²) in [5.74, 6) is 1.18. The van der Waals surface area contributed by atoms with E-state index in [-0.39, 0.29) is 5.91 Å². The summed E-state index contributed by atoms with van der Waals surface area (Å²) in [6.07, 6.45) is 4.62. The average Bonchev–Trinajstić information content (AvgIpc) is 3.00. The van der Waals surface area contributed by atoms with E-state index in [1.54, 1.807) is 22.8 Å². The standard InChI is InChI=1S/C14H15N7O/c1-10-7-12(21-14(20-10)18-9-19-21)16-5-6-17-13(22)11-3-2-4-15-8-11/h2-4,7-9,16H,5-6H2,1H3,(H,17,22). The molecule has 0 spiro atoms. The Bertz CT molecular complexity index is 784. The number of aromatic nitrogens is 5. The fourth-order valence-electron chi connectivity index (χ4n) is 2.02. The van der Waals surface area contributed by atoms with Gasteiger partial charge in [0.05, 0.1) is 5.56 Å². The van der Waals surface area contributed by atoms with Crippen molar-refractivity contribution in [3.63, 3.8) is 0 Å². The Morgan fingerprint density at radius 1 is 1.36 bits per heavy atom. The zero-order valence-corrected chi connectivity index (χ0v) is 12.0. The number of pyridine rings is 1. The van der Waals surface area contributed by atoms with Crippen molar-refractivity contribution in [1.82, 2.24) is 29.9 Å². The fraction of sp³-hybridized carbons (Fsp3) is 0.214. The number of carbonyl (C=O) groups excluding carboxylic acids is 1. The maximum absolute atomic E-state index is 11.9. The molecule has 3 rings (SSSR count). The topological polar surface area (TPSA) is 97.1 Å². The average molecular weight is 297 g/mol. The normalized spacial score (nSPS) is 10.6. The number of anilines is 1. The second-order valence-electron chi connectivity index (χ2n) is 4.68. The highest BCUT2D eigenvalue weighted by Crippen LogP contribution is 2.09. The quantitative estimate of drug-likeness (QED) is 0.672. The van der Waals surface area contributed by atoms with Crippen LogP contribution in [0, 0.1) is 6.92 Å². The highest BCUT2D eigenvalue weighted by molar-refractivity contribution is 5.93. The van der Waals surface area contributed by atoms with Crippen molar-refractivity contribution >= 4 is 17.5 Å². The Balaban J connectivity index is 1.57. The third kappa shape index (κ3) is 3.00. The van der Waals surface area contributed by atoms with E-state index < -0.39 is 0 Å². The molecule has 0 aliphatic heterocycles. The molecule has 3 aromatic rings. The van der Waals surface area contributed by atoms with Crippen LogP contribution in [-0.2, 0) is 0 Å². The van der Waals surface area contributed by atoms with Gasteiger partial charge in [-0.3, -0.25) is 9.78 Å². The van der Waals surface area contributed by atoms with Gasteiger partial charge in [-0.2, -0.15) is 14.6 Å². The van der Waals surface area contributed by atoms with E-state index >= 15 is 0 Å². The molecule has 8 nitrogen and oxygen atoms in total. The first-order chi connectivity index (χ1) is 10.7. The Kier molecular flexibility index (Phi) is 3.90. The molecule has 0 aliphatic rings. The molecule has 8 heteroatoms. The van der Waals surface area contributed by atoms with Crippen LogP contribution >= 0.6 is 0 Å². The summed E-state index contributed by atoms with van der Waals surface area (Å²) in [7, 11) is 0. The first-order valence-electron chi connectivity index (χ1n) is 6.83. The molecule has 3 aromatic heterocycles. The van der Waals surface area contributed by atoms with Gasteiger partial charge in [-0.1, -0.05) is 0 Å². The Hall–Kier alpha value is -3.03. The van der Waals surface area contributed by atoms with E-state index in [2.05, 4.69) is 30.7 Å². The summed E-state index contributed by atoms with van der Waals surface area (Å²) >= 11 is 0. The number of rotatable bonds is 5. The molecule has 0 atom stereocenters. The number of nitrogens with one attached hydrogen (secondary N) is 2. The fourth-order valence-corrected chi connectivity index (χ4v) is 2.02. The lowest BCUT2D eigenvalue weighted by molar-refractivity contribution is 0.0955. The summed E-state index contributed by atoms with van der Waals surface area (Å²) in [5.41, 5.74) is 1.39. The molecular weight excluding hydrogens is 282 g/mol. The predicted octanol–water partition coefficient (Wildman–Crippen LogP) is 0.670. The first-order valence-corrected chi connectivity index (χ1v) is 6.83. The van der Waals surface area contributed by atoms with Crippen molar-refractivity contribution in [3.05, 3.63) is 48.2 Å². The number of hydrogen-bond acceptors (Lipinski definition) is 6. The third-order valence-electron chi connectivity index (χ3n) is 3.02. The number of nitrogens with zero attached hydrogens (tertiary/aromatic N) is 5. The van der Waals surface area contributed by atoms with Gasteiger partial charge >= 0.3 is 0 Å². The molecular formula is C14H15N7O. The van der Waals surface area contributed by atoms with Crippen LogP contribution in [0.2, 0.25) is 0 Å². The van der Waals surface area contributed by atoms with Crippen molar-refractivity contribution in [2.45, 2.75) is 6.92 Å². The minimum Gasteiger partial charge on any atom is -0.368 e. The van der Waals surface area contributed by atoms with Gasteiger partial charge in [0, 0.05) is 37.2 Å². The highest BCUT2D eigenvalue weighted by atomic mass is 16.1. The van der Waals surface area contributed by atoms with Crippen LogP contribution in [0.1, 0.15) is 16.1 Å². The molecule has 0 saturated carbocycles. The van der Waals surface area contributed by atoms with Gasteiger partial charge in [-0.25, -0.2) is 4.98 Å². The van der Waals surface area contributed by atoms with Crippen LogP contribution in [0.15, 0.2) is 36.9 Å². The molecule has 0 unspecified atom stereocenters. The molecule has 112 valence electrons. The Morgan fingerprint density at radius 2 is 2.27 bits per heavy atom. The molecule has 0 fully saturated rings. The van der Waals surface area contributed by atoms with E-state index in [0.29, 0.717) is 24.4 Å². The summed E-state index contributed by atoms with van der Waals surface area (Å²) in [4.78, 5) is 24.1. The van der Waals surface area contributed by atoms with Crippen molar-refractivity contribution in [3.8, 4) is 0 Å². The van der Waals surface area contributed by atoms with Crippen LogP contribution in [0.3, 0.4) is 0 Å². The minimum atomic E-state index is -0.147. The summed E-state index contributed by atoms with van der Waals surface area (Å²) in [6, 6.07) is 5.33. The Morgan fingerprint density at radius 3 is 3.09 bits per heavy atom. The largest absolute Gasteiger partial charge is 0.368 e. The predicted molar refractivity (Wildman–Crippen MR) is 80.6 cm³/mol. The van der Waals surface area contributed by atoms with Gasteiger partial charge < -0.3 is 10.6 Å². The van der Waals surface area contributed by atoms with Crippen molar-refractivity contribution in [2.75, 3.05) is 18.4 Å². The molecule has 22 heavy (non-hydrogen) atoms. The van der Waals surface area contributed by atoms with Gasteiger partial charge in [-0.15, -0.1) is 0 Å². The third-order valence-corrected chi connectivity index (χ3v) is 3.02. The van der Waals surface area contributed by atoms with Crippen LogP contribution in [0.5, 0.6) is 0 Å². The second kappa shape index (κ2) is 6.17. The molecule has 0 radical (unpaired) electrons. The zero-order chi connectivity index (χ0) is 15.4. The number of hydrogen-bond donors (Lipinski definition) is 2. The molecule has 2 N–H and O–H groups in total. The van der Waals surface area contributed by atoms with E-state index in [4.69, 9.17) is 0 Å². The number of amides is 1. The number of fused-ring (bicyclic) bond motifs is 1. The summed E-state index contributed by atoms with van der Waals surface area (Å²) in [5, 5.41) is 10.1. The maximum atomic E-state index is 11.9. The number of carbonyl (C=O) groups is 1. The lowest BCUT2D eigenvalue weighted by atomic mass is 10.3. The SMILES string of the molecule is Cc1cc(NCCNC(=O)c2cccnc2)n2ncnc2n1. The van der Waals surface area contributed by atoms with E-state index in [1.807, 2.05) is 13.0 Å². The second-order valence-corrected chi connectivity index (χ2v) is 4.68. The molecule has 0 saturated heterocycles. The molecule has 3 heterocycles. The molecule has 1 amide bonds. The van der Waals surface area contributed by atoms with E-state index in [1.165, 1.54) is 12.5 Å². The van der Waals surface area contributed by atoms with Crippen molar-refractivity contribution < 1.29 is 4.79 Å². The zero-order valence-electron chi connectivity index (χ0n) is 12.0. The minimum absolute atomic E-state index is 0.147. The van der Waals surface area contributed by atoms with E-state index in [0.717, 1.165) is 11.5 Å². The molecule has 0 aromatic carbocycles. The lowest BCUT2D eigenvalue weighted by Gasteiger charge is -2.09. The van der Waals surface area contributed by atoms with Crippen LogP contribution in [0.4, 0.5) is 5.82 Å². The van der Waals surface area contributed by atoms with Crippen LogP contribution < -0.4 is 10.6 Å². The monoisotopic (exact) mass is 297 g/mol. The number of aryl methyl sites for hydroxylation is 1. The lowest BCUT2D eigenvalue weighted by Crippen LogP contribution is -2.29. The summed E-state index contributed by atoms with van der Waals surface area (Å²) < 4.78 is 1.62. The van der Waals surface area contributed by atoms with Gasteiger partial charge in [0.15, 0.2) is 0 Å². The van der Waals surface area contributed by atoms with E-state index in [9.17, 15) is 4.79 Å². The first kappa shape index (κ1) is 13.9. The van der Waals surface area contributed by atoms with Gasteiger partial charge in [0.1, 0.15) is 12.1 Å². The van der Waals surface area contributed by atoms with Gasteiger partial charge in [-0.05, 0) is 19.1 Å². The van der Waals surface area contributed by atoms with Crippen LogP contribution in [0.25, 0.3) is 5.78 Å². The molecule has 0 bridgehead atoms. The van der Waals surface area contributed by atoms with Crippen molar-refractivity contribution in [1.29, 1.82) is 0 Å². The molecule has 0 aliphatic carbocycles. The maximum Gasteiger partial charge on any atom is 0.254 e. The van der Waals surface area contributed by atoms with Gasteiger partial charge in [0.2, 0.25) is 0 Å². The van der Waals surface area contributed by atoms with Gasteiger partial charge in [0.25, 0.3) is 11.7 Å². The summed E-state index contributed by atoms with van der Waals surface area (Å²) in [6.45, 7) is 2.93. The van der Waals surface area contributed by atoms with Crippen molar-refractivity contribution in [2.24, 2.45) is 0 Å².